The van der Waals surface area contributed by atoms with Gasteiger partial charge in [0.1, 0.15) is 0 Å². The molecule has 14 heavy (non-hydrogen) atoms. The van der Waals surface area contributed by atoms with E-state index in [1.165, 1.54) is 4.90 Å². The van der Waals surface area contributed by atoms with E-state index in [0.717, 1.165) is 17.7 Å². The lowest BCUT2D eigenvalue weighted by Gasteiger charge is -2.12. The highest BCUT2D eigenvalue weighted by molar-refractivity contribution is 5.74. The van der Waals surface area contributed by atoms with Crippen molar-refractivity contribution in [2.75, 3.05) is 11.9 Å². The molecule has 1 N–H and O–H groups in total. The molecule has 0 unspecified atom stereocenters. The molecule has 0 aromatic heterocycles. The van der Waals surface area contributed by atoms with Crippen LogP contribution in [-0.2, 0) is 4.79 Å². The summed E-state index contributed by atoms with van der Waals surface area (Å²) in [4.78, 5) is 11.9. The van der Waals surface area contributed by atoms with Gasteiger partial charge >= 0.3 is 0 Å². The number of hydrogen-bond donors (Lipinski definition) is 1. The van der Waals surface area contributed by atoms with Crippen molar-refractivity contribution in [2.45, 2.75) is 19.4 Å². The highest BCUT2D eigenvalue weighted by Gasteiger charge is 2.04. The molecule has 0 aliphatic carbocycles. The SMILES string of the molecule is CC[C@H](O)c1ccc(N(C)C=O)cc1. The molecular formula is C11H15NO2. The maximum Gasteiger partial charge on any atom is 0.213 e. The second kappa shape index (κ2) is 4.77. The standard InChI is InChI=1S/C11H15NO2/c1-3-11(14)9-4-6-10(7-5-9)12(2)8-13/h4-8,11,14H,3H2,1-2H3/t11-/m0/s1. The molecule has 0 fully saturated rings. The number of carbonyl (C=O) groups excluding carboxylic acids is 1. The summed E-state index contributed by atoms with van der Waals surface area (Å²) in [7, 11) is 1.69. The van der Waals surface area contributed by atoms with Gasteiger partial charge in [0.05, 0.1) is 6.10 Å². The van der Waals surface area contributed by atoms with Gasteiger partial charge in [-0.2, -0.15) is 0 Å². The molecule has 0 aliphatic rings. The van der Waals surface area contributed by atoms with E-state index in [-0.39, 0.29) is 0 Å². The van der Waals surface area contributed by atoms with E-state index in [9.17, 15) is 9.90 Å². The Bertz CT molecular complexity index is 295. The largest absolute Gasteiger partial charge is 0.388 e. The lowest BCUT2D eigenvalue weighted by atomic mass is 10.1. The van der Waals surface area contributed by atoms with Gasteiger partial charge in [0.25, 0.3) is 0 Å². The van der Waals surface area contributed by atoms with Gasteiger partial charge in [-0.1, -0.05) is 19.1 Å². The van der Waals surface area contributed by atoms with Gasteiger partial charge < -0.3 is 10.0 Å². The van der Waals surface area contributed by atoms with Crippen molar-refractivity contribution in [1.82, 2.24) is 0 Å². The number of aliphatic hydroxyl groups excluding tert-OH is 1. The molecule has 0 aliphatic heterocycles. The Morgan fingerprint density at radius 2 is 2.00 bits per heavy atom. The van der Waals surface area contributed by atoms with Gasteiger partial charge in [-0.15, -0.1) is 0 Å². The summed E-state index contributed by atoms with van der Waals surface area (Å²) in [6.45, 7) is 1.93. The second-order valence-corrected chi connectivity index (χ2v) is 3.23. The first-order valence-electron chi connectivity index (χ1n) is 4.65. The molecule has 0 saturated carbocycles. The number of amides is 1. The Morgan fingerprint density at radius 3 is 2.43 bits per heavy atom. The third-order valence-corrected chi connectivity index (χ3v) is 2.23. The molecule has 0 spiro atoms. The van der Waals surface area contributed by atoms with Crippen molar-refractivity contribution in [3.05, 3.63) is 29.8 Å². The first-order valence-corrected chi connectivity index (χ1v) is 4.65. The predicted octanol–water partition coefficient (Wildman–Crippen LogP) is 1.72. The topological polar surface area (TPSA) is 40.5 Å². The summed E-state index contributed by atoms with van der Waals surface area (Å²) >= 11 is 0. The van der Waals surface area contributed by atoms with E-state index in [1.807, 2.05) is 31.2 Å². The van der Waals surface area contributed by atoms with Crippen molar-refractivity contribution in [1.29, 1.82) is 0 Å². The van der Waals surface area contributed by atoms with Crippen molar-refractivity contribution in [3.8, 4) is 0 Å². The van der Waals surface area contributed by atoms with Crippen LogP contribution in [0.2, 0.25) is 0 Å². The Labute approximate surface area is 84.0 Å². The summed E-state index contributed by atoms with van der Waals surface area (Å²) in [5, 5.41) is 9.53. The zero-order chi connectivity index (χ0) is 10.6. The average Bonchev–Trinajstić information content (AvgIpc) is 2.27. The van der Waals surface area contributed by atoms with Gasteiger partial charge in [-0.25, -0.2) is 0 Å². The third-order valence-electron chi connectivity index (χ3n) is 2.23. The molecule has 0 radical (unpaired) electrons. The molecule has 76 valence electrons. The Kier molecular flexibility index (Phi) is 3.65. The molecule has 0 saturated heterocycles. The number of carbonyl (C=O) groups is 1. The van der Waals surface area contributed by atoms with Gasteiger partial charge in [0, 0.05) is 12.7 Å². The lowest BCUT2D eigenvalue weighted by Crippen LogP contribution is -2.13. The molecule has 1 amide bonds. The van der Waals surface area contributed by atoms with Crippen LogP contribution in [0, 0.1) is 0 Å². The van der Waals surface area contributed by atoms with Crippen molar-refractivity contribution in [2.24, 2.45) is 0 Å². The first-order chi connectivity index (χ1) is 6.69. The maximum atomic E-state index is 10.5. The fourth-order valence-electron chi connectivity index (χ4n) is 1.23. The highest BCUT2D eigenvalue weighted by Crippen LogP contribution is 2.19. The van der Waals surface area contributed by atoms with Crippen LogP contribution in [-0.4, -0.2) is 18.6 Å². The van der Waals surface area contributed by atoms with Gasteiger partial charge in [-0.3, -0.25) is 4.79 Å². The molecule has 3 nitrogen and oxygen atoms in total. The summed E-state index contributed by atoms with van der Waals surface area (Å²) in [5.41, 5.74) is 1.71. The van der Waals surface area contributed by atoms with Crippen LogP contribution >= 0.6 is 0 Å². The minimum Gasteiger partial charge on any atom is -0.388 e. The number of benzene rings is 1. The van der Waals surface area contributed by atoms with E-state index in [4.69, 9.17) is 0 Å². The molecule has 1 aromatic rings. The van der Waals surface area contributed by atoms with Crippen LogP contribution in [0.5, 0.6) is 0 Å². The molecule has 1 aromatic carbocycles. The molecule has 1 rings (SSSR count). The fourth-order valence-corrected chi connectivity index (χ4v) is 1.23. The van der Waals surface area contributed by atoms with E-state index in [1.54, 1.807) is 7.05 Å². The molecule has 0 heterocycles. The molecule has 1 atom stereocenters. The van der Waals surface area contributed by atoms with Crippen LogP contribution in [0.15, 0.2) is 24.3 Å². The van der Waals surface area contributed by atoms with E-state index in [0.29, 0.717) is 6.42 Å². The minimum absolute atomic E-state index is 0.411. The summed E-state index contributed by atoms with van der Waals surface area (Å²) < 4.78 is 0. The number of hydrogen-bond acceptors (Lipinski definition) is 2. The molecule has 3 heteroatoms. The fraction of sp³-hybridized carbons (Fsp3) is 0.364. The van der Waals surface area contributed by atoms with Crippen LogP contribution in [0.3, 0.4) is 0 Å². The van der Waals surface area contributed by atoms with Crippen molar-refractivity contribution >= 4 is 12.1 Å². The maximum absolute atomic E-state index is 10.5. The number of nitrogens with zero attached hydrogens (tertiary/aromatic N) is 1. The van der Waals surface area contributed by atoms with Gasteiger partial charge in [0.2, 0.25) is 6.41 Å². The first kappa shape index (κ1) is 10.7. The van der Waals surface area contributed by atoms with Crippen LogP contribution < -0.4 is 4.90 Å². The zero-order valence-corrected chi connectivity index (χ0v) is 8.47. The highest BCUT2D eigenvalue weighted by atomic mass is 16.3. The summed E-state index contributed by atoms with van der Waals surface area (Å²) in [6, 6.07) is 7.32. The van der Waals surface area contributed by atoms with Gasteiger partial charge in [-0.05, 0) is 24.1 Å². The van der Waals surface area contributed by atoms with Crippen LogP contribution in [0.4, 0.5) is 5.69 Å². The Hall–Kier alpha value is -1.35. The van der Waals surface area contributed by atoms with E-state index >= 15 is 0 Å². The summed E-state index contributed by atoms with van der Waals surface area (Å²) in [6.07, 6.45) is 1.04. The van der Waals surface area contributed by atoms with Crippen LogP contribution in [0.25, 0.3) is 0 Å². The quantitative estimate of drug-likeness (QED) is 0.740. The normalized spacial score (nSPS) is 12.2. The smallest absolute Gasteiger partial charge is 0.213 e. The monoisotopic (exact) mass is 193 g/mol. The number of rotatable bonds is 4. The summed E-state index contributed by atoms with van der Waals surface area (Å²) in [5.74, 6) is 0. The third kappa shape index (κ3) is 2.33. The average molecular weight is 193 g/mol. The van der Waals surface area contributed by atoms with Crippen LogP contribution in [0.1, 0.15) is 25.0 Å². The minimum atomic E-state index is -0.411. The Morgan fingerprint density at radius 1 is 1.43 bits per heavy atom. The lowest BCUT2D eigenvalue weighted by molar-refractivity contribution is -0.107. The molecule has 0 bridgehead atoms. The van der Waals surface area contributed by atoms with Crippen molar-refractivity contribution < 1.29 is 9.90 Å². The Balaban J connectivity index is 2.83. The zero-order valence-electron chi connectivity index (χ0n) is 8.47. The number of anilines is 1. The predicted molar refractivity (Wildman–Crippen MR) is 56.2 cm³/mol. The van der Waals surface area contributed by atoms with Crippen molar-refractivity contribution in [3.63, 3.8) is 0 Å². The molecular weight excluding hydrogens is 178 g/mol. The second-order valence-electron chi connectivity index (χ2n) is 3.23. The number of aliphatic hydroxyl groups is 1. The van der Waals surface area contributed by atoms with E-state index in [2.05, 4.69) is 0 Å². The van der Waals surface area contributed by atoms with E-state index < -0.39 is 6.10 Å². The van der Waals surface area contributed by atoms with Gasteiger partial charge in [0.15, 0.2) is 0 Å².